The minimum absolute atomic E-state index is 0.0566. The molecule has 36 heavy (non-hydrogen) atoms. The van der Waals surface area contributed by atoms with Crippen molar-refractivity contribution in [3.63, 3.8) is 0 Å². The van der Waals surface area contributed by atoms with Gasteiger partial charge >= 0.3 is 0 Å². The van der Waals surface area contributed by atoms with Crippen molar-refractivity contribution in [2.45, 2.75) is 25.7 Å². The maximum atomic E-state index is 13.3. The lowest BCUT2D eigenvalue weighted by molar-refractivity contribution is 0.0713. The van der Waals surface area contributed by atoms with E-state index in [9.17, 15) is 4.79 Å². The SMILES string of the molecule is C#Cc1ccc(C2CCN(C(=O)c3ccc(C)c(Nc4nc5nc(N(C)C)ccc5[nH]4)c3)CC2)cc1. The molecule has 7 heteroatoms. The number of pyridine rings is 1. The number of terminal acetylenes is 1. The van der Waals surface area contributed by atoms with Gasteiger partial charge in [-0.1, -0.05) is 24.1 Å². The number of piperidine rings is 1. The fraction of sp³-hybridized carbons (Fsp3) is 0.276. The Labute approximate surface area is 211 Å². The van der Waals surface area contributed by atoms with E-state index in [0.717, 1.165) is 54.1 Å². The van der Waals surface area contributed by atoms with E-state index in [-0.39, 0.29) is 5.91 Å². The summed E-state index contributed by atoms with van der Waals surface area (Å²) < 4.78 is 0. The normalized spacial score (nSPS) is 14.0. The largest absolute Gasteiger partial charge is 0.363 e. The molecular weight excluding hydrogens is 448 g/mol. The van der Waals surface area contributed by atoms with E-state index in [0.29, 0.717) is 23.1 Å². The van der Waals surface area contributed by atoms with Crippen molar-refractivity contribution in [2.75, 3.05) is 37.4 Å². The Morgan fingerprint density at radius 2 is 1.83 bits per heavy atom. The van der Waals surface area contributed by atoms with Crippen LogP contribution in [0.3, 0.4) is 0 Å². The molecule has 182 valence electrons. The van der Waals surface area contributed by atoms with Crippen LogP contribution in [0.1, 0.15) is 45.8 Å². The van der Waals surface area contributed by atoms with Crippen LogP contribution in [0, 0.1) is 19.3 Å². The molecule has 1 amide bonds. The van der Waals surface area contributed by atoms with Crippen molar-refractivity contribution in [1.82, 2.24) is 19.9 Å². The van der Waals surface area contributed by atoms with E-state index < -0.39 is 0 Å². The number of imidazole rings is 1. The second-order valence-corrected chi connectivity index (χ2v) is 9.51. The molecule has 0 bridgehead atoms. The van der Waals surface area contributed by atoms with Crippen molar-refractivity contribution in [3.05, 3.63) is 76.9 Å². The lowest BCUT2D eigenvalue weighted by Crippen LogP contribution is -2.37. The van der Waals surface area contributed by atoms with Crippen LogP contribution in [0.5, 0.6) is 0 Å². The number of carbonyl (C=O) groups excluding carboxylic acids is 1. The first-order valence-corrected chi connectivity index (χ1v) is 12.2. The van der Waals surface area contributed by atoms with Crippen LogP contribution in [0.15, 0.2) is 54.6 Å². The summed E-state index contributed by atoms with van der Waals surface area (Å²) >= 11 is 0. The van der Waals surface area contributed by atoms with Gasteiger partial charge in [-0.25, -0.2) is 4.98 Å². The molecule has 7 nitrogen and oxygen atoms in total. The summed E-state index contributed by atoms with van der Waals surface area (Å²) in [6.45, 7) is 3.49. The first-order valence-electron chi connectivity index (χ1n) is 12.2. The molecule has 0 spiro atoms. The lowest BCUT2D eigenvalue weighted by atomic mass is 9.89. The Morgan fingerprint density at radius 3 is 2.53 bits per heavy atom. The third kappa shape index (κ3) is 4.76. The topological polar surface area (TPSA) is 77.2 Å². The number of aromatic amines is 1. The highest BCUT2D eigenvalue weighted by Crippen LogP contribution is 2.30. The maximum absolute atomic E-state index is 13.3. The third-order valence-electron chi connectivity index (χ3n) is 6.86. The first kappa shape index (κ1) is 23.4. The molecule has 0 saturated carbocycles. The van der Waals surface area contributed by atoms with Crippen LogP contribution in [0.4, 0.5) is 17.5 Å². The number of likely N-dealkylation sites (tertiary alicyclic amines) is 1. The van der Waals surface area contributed by atoms with E-state index in [1.54, 1.807) is 0 Å². The van der Waals surface area contributed by atoms with Gasteiger partial charge in [-0.3, -0.25) is 4.79 Å². The quantitative estimate of drug-likeness (QED) is 0.391. The molecule has 1 fully saturated rings. The lowest BCUT2D eigenvalue weighted by Gasteiger charge is -2.32. The van der Waals surface area contributed by atoms with Gasteiger partial charge in [0.25, 0.3) is 5.91 Å². The van der Waals surface area contributed by atoms with Gasteiger partial charge in [0.2, 0.25) is 5.95 Å². The Hall–Kier alpha value is -4.31. The molecule has 2 aromatic heterocycles. The number of hydrogen-bond acceptors (Lipinski definition) is 5. The van der Waals surface area contributed by atoms with Gasteiger partial charge in [-0.05, 0) is 73.2 Å². The molecule has 5 rings (SSSR count). The highest BCUT2D eigenvalue weighted by Gasteiger charge is 2.25. The minimum atomic E-state index is 0.0566. The zero-order valence-electron chi connectivity index (χ0n) is 20.9. The van der Waals surface area contributed by atoms with Crippen molar-refractivity contribution in [3.8, 4) is 12.3 Å². The van der Waals surface area contributed by atoms with Gasteiger partial charge in [-0.15, -0.1) is 6.42 Å². The van der Waals surface area contributed by atoms with E-state index >= 15 is 0 Å². The number of rotatable bonds is 5. The number of fused-ring (bicyclic) bond motifs is 1. The van der Waals surface area contributed by atoms with Gasteiger partial charge in [0.05, 0.1) is 5.52 Å². The number of nitrogens with one attached hydrogen (secondary N) is 2. The van der Waals surface area contributed by atoms with Crippen LogP contribution in [-0.4, -0.2) is 52.9 Å². The molecule has 1 aliphatic rings. The van der Waals surface area contributed by atoms with E-state index in [1.807, 2.05) is 73.3 Å². The van der Waals surface area contributed by atoms with Gasteiger partial charge < -0.3 is 20.1 Å². The highest BCUT2D eigenvalue weighted by molar-refractivity contribution is 5.95. The number of H-pyrrole nitrogens is 1. The van der Waals surface area contributed by atoms with Crippen LogP contribution in [0.25, 0.3) is 11.2 Å². The van der Waals surface area contributed by atoms with Crippen molar-refractivity contribution in [2.24, 2.45) is 0 Å². The second kappa shape index (κ2) is 9.74. The smallest absolute Gasteiger partial charge is 0.253 e. The molecule has 3 heterocycles. The maximum Gasteiger partial charge on any atom is 0.253 e. The summed E-state index contributed by atoms with van der Waals surface area (Å²) in [6, 6.07) is 17.9. The van der Waals surface area contributed by atoms with E-state index in [4.69, 9.17) is 6.42 Å². The van der Waals surface area contributed by atoms with Crippen LogP contribution < -0.4 is 10.2 Å². The van der Waals surface area contributed by atoms with Crippen LogP contribution >= 0.6 is 0 Å². The number of nitrogens with zero attached hydrogens (tertiary/aromatic N) is 4. The zero-order valence-corrected chi connectivity index (χ0v) is 20.9. The van der Waals surface area contributed by atoms with E-state index in [2.05, 4.69) is 38.3 Å². The molecule has 0 radical (unpaired) electrons. The van der Waals surface area contributed by atoms with Crippen molar-refractivity contribution >= 4 is 34.5 Å². The molecule has 2 aromatic carbocycles. The summed E-state index contributed by atoms with van der Waals surface area (Å²) in [5, 5.41) is 3.34. The van der Waals surface area contributed by atoms with Gasteiger partial charge in [0.1, 0.15) is 5.82 Å². The molecule has 1 saturated heterocycles. The number of amides is 1. The van der Waals surface area contributed by atoms with Crippen LogP contribution in [-0.2, 0) is 0 Å². The highest BCUT2D eigenvalue weighted by atomic mass is 16.2. The number of aromatic nitrogens is 3. The number of hydrogen-bond donors (Lipinski definition) is 2. The Morgan fingerprint density at radius 1 is 1.08 bits per heavy atom. The predicted molar refractivity (Wildman–Crippen MR) is 145 cm³/mol. The van der Waals surface area contributed by atoms with Gasteiger partial charge in [0.15, 0.2) is 5.65 Å². The summed E-state index contributed by atoms with van der Waals surface area (Å²) in [5.74, 6) is 4.61. The van der Waals surface area contributed by atoms with Crippen molar-refractivity contribution < 1.29 is 4.79 Å². The molecule has 1 aliphatic heterocycles. The average Bonchev–Trinajstić information content (AvgIpc) is 3.31. The molecule has 0 aliphatic carbocycles. The zero-order chi connectivity index (χ0) is 25.2. The summed E-state index contributed by atoms with van der Waals surface area (Å²) in [4.78, 5) is 29.7. The number of carbonyl (C=O) groups is 1. The molecule has 4 aromatic rings. The monoisotopic (exact) mass is 478 g/mol. The Bertz CT molecular complexity index is 1440. The Kier molecular flexibility index (Phi) is 6.34. The van der Waals surface area contributed by atoms with Gasteiger partial charge in [0, 0.05) is 44.0 Å². The first-order chi connectivity index (χ1) is 17.4. The second-order valence-electron chi connectivity index (χ2n) is 9.51. The van der Waals surface area contributed by atoms with Gasteiger partial charge in [-0.2, -0.15) is 4.98 Å². The average molecular weight is 479 g/mol. The molecule has 2 N–H and O–H groups in total. The number of benzene rings is 2. The molecule has 0 unspecified atom stereocenters. The fourth-order valence-electron chi connectivity index (χ4n) is 4.66. The minimum Gasteiger partial charge on any atom is -0.363 e. The molecule has 0 atom stereocenters. The molecular formula is C29H30N6O. The van der Waals surface area contributed by atoms with Crippen molar-refractivity contribution in [1.29, 1.82) is 0 Å². The summed E-state index contributed by atoms with van der Waals surface area (Å²) in [6.07, 6.45) is 7.36. The third-order valence-corrected chi connectivity index (χ3v) is 6.86. The Balaban J connectivity index is 1.28. The van der Waals surface area contributed by atoms with Crippen LogP contribution in [0.2, 0.25) is 0 Å². The summed E-state index contributed by atoms with van der Waals surface area (Å²) in [7, 11) is 3.90. The standard InChI is InChI=1S/C29H30N6O/c1-5-20-7-10-21(11-8-20)22-14-16-35(17-15-22)28(36)23-9-6-19(2)25(18-23)31-29-30-24-12-13-26(34(3)4)32-27(24)33-29/h1,6-13,18,22H,14-17H2,2-4H3,(H2,30,31,32,33). The predicted octanol–water partition coefficient (Wildman–Crippen LogP) is 5.08. The number of aryl methyl sites for hydroxylation is 1. The fourth-order valence-corrected chi connectivity index (χ4v) is 4.66. The van der Waals surface area contributed by atoms with E-state index in [1.165, 1.54) is 5.56 Å². The number of anilines is 3. The summed E-state index contributed by atoms with van der Waals surface area (Å²) in [5.41, 5.74) is 6.23.